The van der Waals surface area contributed by atoms with Crippen LogP contribution >= 0.6 is 15.9 Å². The standard InChI is InChI=1S/C12H14BrNO3/c1-14(2)12(16)8-4-5-9(10(15)7-13)11(6-8)17-3/h4-6H,7H2,1-3H3. The highest BCUT2D eigenvalue weighted by atomic mass is 79.9. The van der Waals surface area contributed by atoms with Gasteiger partial charge in [0.25, 0.3) is 5.91 Å². The van der Waals surface area contributed by atoms with E-state index in [4.69, 9.17) is 4.74 Å². The second-order valence-corrected chi connectivity index (χ2v) is 4.23. The van der Waals surface area contributed by atoms with Crippen molar-refractivity contribution in [3.05, 3.63) is 29.3 Å². The molecule has 0 fully saturated rings. The van der Waals surface area contributed by atoms with Gasteiger partial charge >= 0.3 is 0 Å². The Morgan fingerprint density at radius 1 is 1.35 bits per heavy atom. The third-order valence-corrected chi connectivity index (χ3v) is 2.79. The molecule has 0 aliphatic rings. The number of Topliss-reactive ketones (excluding diaryl/α,β-unsaturated/α-hetero) is 1. The number of ketones is 1. The summed E-state index contributed by atoms with van der Waals surface area (Å²) in [7, 11) is 4.82. The highest BCUT2D eigenvalue weighted by molar-refractivity contribution is 9.09. The quantitative estimate of drug-likeness (QED) is 0.631. The molecule has 0 aliphatic heterocycles. The number of carbonyl (C=O) groups is 2. The Labute approximate surface area is 109 Å². The lowest BCUT2D eigenvalue weighted by Gasteiger charge is -2.12. The van der Waals surface area contributed by atoms with E-state index in [1.54, 1.807) is 32.3 Å². The number of amides is 1. The van der Waals surface area contributed by atoms with Crippen LogP contribution < -0.4 is 4.74 Å². The molecule has 0 aromatic heterocycles. The number of halogens is 1. The minimum atomic E-state index is -0.124. The first-order valence-corrected chi connectivity index (χ1v) is 6.12. The number of alkyl halides is 1. The van der Waals surface area contributed by atoms with E-state index >= 15 is 0 Å². The van der Waals surface area contributed by atoms with Gasteiger partial charge in [-0.15, -0.1) is 0 Å². The van der Waals surface area contributed by atoms with Gasteiger partial charge in [-0.3, -0.25) is 9.59 Å². The second kappa shape index (κ2) is 5.82. The fourth-order valence-electron chi connectivity index (χ4n) is 1.38. The van der Waals surface area contributed by atoms with Gasteiger partial charge in [-0.05, 0) is 18.2 Å². The molecule has 4 nitrogen and oxygen atoms in total. The van der Waals surface area contributed by atoms with E-state index in [-0.39, 0.29) is 17.0 Å². The molecule has 0 N–H and O–H groups in total. The van der Waals surface area contributed by atoms with Crippen LogP contribution in [0.5, 0.6) is 5.75 Å². The summed E-state index contributed by atoms with van der Waals surface area (Å²) in [5.74, 6) is 0.217. The maximum Gasteiger partial charge on any atom is 0.253 e. The van der Waals surface area contributed by atoms with E-state index in [2.05, 4.69) is 15.9 Å². The van der Waals surface area contributed by atoms with E-state index < -0.39 is 0 Å². The summed E-state index contributed by atoms with van der Waals surface area (Å²) in [6.07, 6.45) is 0. The SMILES string of the molecule is COc1cc(C(=O)N(C)C)ccc1C(=O)CBr. The summed E-state index contributed by atoms with van der Waals surface area (Å²) in [5, 5.41) is 0.227. The topological polar surface area (TPSA) is 46.6 Å². The van der Waals surface area contributed by atoms with Crippen LogP contribution in [-0.2, 0) is 0 Å². The number of carbonyl (C=O) groups excluding carboxylic acids is 2. The molecular weight excluding hydrogens is 286 g/mol. The van der Waals surface area contributed by atoms with Gasteiger partial charge in [-0.2, -0.15) is 0 Å². The summed E-state index contributed by atoms with van der Waals surface area (Å²) in [6, 6.07) is 4.82. The zero-order valence-electron chi connectivity index (χ0n) is 9.99. The predicted molar refractivity (Wildman–Crippen MR) is 69.1 cm³/mol. The molecule has 0 unspecified atom stereocenters. The number of nitrogens with zero attached hydrogens (tertiary/aromatic N) is 1. The van der Waals surface area contributed by atoms with Gasteiger partial charge in [-0.25, -0.2) is 0 Å². The van der Waals surface area contributed by atoms with Crippen molar-refractivity contribution in [3.8, 4) is 5.75 Å². The van der Waals surface area contributed by atoms with Crippen molar-refractivity contribution in [1.82, 2.24) is 4.90 Å². The highest BCUT2D eigenvalue weighted by Crippen LogP contribution is 2.22. The molecule has 1 amide bonds. The van der Waals surface area contributed by atoms with Crippen molar-refractivity contribution in [2.75, 3.05) is 26.5 Å². The van der Waals surface area contributed by atoms with Crippen molar-refractivity contribution < 1.29 is 14.3 Å². The summed E-state index contributed by atoms with van der Waals surface area (Å²) in [4.78, 5) is 24.8. The van der Waals surface area contributed by atoms with Crippen molar-refractivity contribution >= 4 is 27.6 Å². The number of methoxy groups -OCH3 is 1. The number of hydrogen-bond donors (Lipinski definition) is 0. The zero-order valence-corrected chi connectivity index (χ0v) is 11.6. The molecule has 0 bridgehead atoms. The van der Waals surface area contributed by atoms with Gasteiger partial charge in [0, 0.05) is 19.7 Å². The molecular formula is C12H14BrNO3. The normalized spacial score (nSPS) is 9.88. The Hall–Kier alpha value is -1.36. The minimum Gasteiger partial charge on any atom is -0.496 e. The Morgan fingerprint density at radius 2 is 2.00 bits per heavy atom. The third kappa shape index (κ3) is 3.06. The molecule has 92 valence electrons. The van der Waals surface area contributed by atoms with Gasteiger partial charge in [0.1, 0.15) is 5.75 Å². The van der Waals surface area contributed by atoms with Crippen molar-refractivity contribution in [1.29, 1.82) is 0 Å². The molecule has 0 spiro atoms. The van der Waals surface area contributed by atoms with E-state index in [9.17, 15) is 9.59 Å². The number of rotatable bonds is 4. The first-order valence-electron chi connectivity index (χ1n) is 5.00. The fraction of sp³-hybridized carbons (Fsp3) is 0.333. The lowest BCUT2D eigenvalue weighted by Crippen LogP contribution is -2.21. The summed E-state index contributed by atoms with van der Waals surface area (Å²) < 4.78 is 5.13. The van der Waals surface area contributed by atoms with Crippen LogP contribution in [-0.4, -0.2) is 43.1 Å². The Morgan fingerprint density at radius 3 is 2.47 bits per heavy atom. The van der Waals surface area contributed by atoms with Crippen LogP contribution in [0.2, 0.25) is 0 Å². The maximum absolute atomic E-state index is 11.7. The molecule has 0 heterocycles. The van der Waals surface area contributed by atoms with Crippen molar-refractivity contribution in [2.45, 2.75) is 0 Å². The molecule has 5 heteroatoms. The zero-order chi connectivity index (χ0) is 13.0. The van der Waals surface area contributed by atoms with Crippen molar-refractivity contribution in [3.63, 3.8) is 0 Å². The monoisotopic (exact) mass is 299 g/mol. The number of benzene rings is 1. The molecule has 0 radical (unpaired) electrons. The molecule has 0 saturated carbocycles. The van der Waals surface area contributed by atoms with Crippen LogP contribution in [0, 0.1) is 0 Å². The molecule has 1 aromatic carbocycles. The first kappa shape index (κ1) is 13.7. The van der Waals surface area contributed by atoms with Crippen LogP contribution in [0.3, 0.4) is 0 Å². The molecule has 17 heavy (non-hydrogen) atoms. The Bertz CT molecular complexity index is 443. The number of hydrogen-bond acceptors (Lipinski definition) is 3. The fourth-order valence-corrected chi connectivity index (χ4v) is 1.69. The molecule has 0 aliphatic carbocycles. The van der Waals surface area contributed by atoms with Crippen LogP contribution in [0.25, 0.3) is 0 Å². The van der Waals surface area contributed by atoms with Crippen molar-refractivity contribution in [2.24, 2.45) is 0 Å². The predicted octanol–water partition coefficient (Wildman–Crippen LogP) is 1.97. The lowest BCUT2D eigenvalue weighted by atomic mass is 10.1. The average molecular weight is 300 g/mol. The van der Waals surface area contributed by atoms with E-state index in [1.807, 2.05) is 0 Å². The van der Waals surface area contributed by atoms with Crippen LogP contribution in [0.15, 0.2) is 18.2 Å². The molecule has 0 saturated heterocycles. The smallest absolute Gasteiger partial charge is 0.253 e. The van der Waals surface area contributed by atoms with E-state index in [0.717, 1.165) is 0 Å². The van der Waals surface area contributed by atoms with Gasteiger partial charge in [-0.1, -0.05) is 15.9 Å². The van der Waals surface area contributed by atoms with Gasteiger partial charge < -0.3 is 9.64 Å². The second-order valence-electron chi connectivity index (χ2n) is 3.67. The molecule has 1 aromatic rings. The number of ether oxygens (including phenoxy) is 1. The van der Waals surface area contributed by atoms with Gasteiger partial charge in [0.05, 0.1) is 18.0 Å². The average Bonchev–Trinajstić information content (AvgIpc) is 2.35. The molecule has 0 atom stereocenters. The lowest BCUT2D eigenvalue weighted by molar-refractivity contribution is 0.0826. The summed E-state index contributed by atoms with van der Waals surface area (Å²) >= 11 is 3.11. The minimum absolute atomic E-state index is 0.0781. The van der Waals surface area contributed by atoms with E-state index in [1.165, 1.54) is 12.0 Å². The Kier molecular flexibility index (Phi) is 4.69. The third-order valence-electron chi connectivity index (χ3n) is 2.28. The van der Waals surface area contributed by atoms with Crippen LogP contribution in [0.1, 0.15) is 20.7 Å². The first-order chi connectivity index (χ1) is 8.01. The highest BCUT2D eigenvalue weighted by Gasteiger charge is 2.15. The Balaban J connectivity index is 3.17. The largest absolute Gasteiger partial charge is 0.496 e. The van der Waals surface area contributed by atoms with Gasteiger partial charge in [0.2, 0.25) is 0 Å². The molecule has 1 rings (SSSR count). The maximum atomic E-state index is 11.7. The van der Waals surface area contributed by atoms with E-state index in [0.29, 0.717) is 16.9 Å². The summed E-state index contributed by atoms with van der Waals surface area (Å²) in [5.41, 5.74) is 0.970. The summed E-state index contributed by atoms with van der Waals surface area (Å²) in [6.45, 7) is 0. The van der Waals surface area contributed by atoms with Gasteiger partial charge in [0.15, 0.2) is 5.78 Å². The van der Waals surface area contributed by atoms with Crippen LogP contribution in [0.4, 0.5) is 0 Å².